The minimum absolute atomic E-state index is 0.215. The number of rotatable bonds is 4. The maximum atomic E-state index is 12.4. The molecule has 0 bridgehead atoms. The van der Waals surface area contributed by atoms with Gasteiger partial charge in [-0.1, -0.05) is 42.1 Å². The van der Waals surface area contributed by atoms with Crippen LogP contribution in [0.15, 0.2) is 88.3 Å². The van der Waals surface area contributed by atoms with Gasteiger partial charge in [-0.3, -0.25) is 4.79 Å². The van der Waals surface area contributed by atoms with Crippen molar-refractivity contribution in [1.29, 1.82) is 0 Å². The number of fused-ring (bicyclic) bond motifs is 1. The number of hydrogen-bond acceptors (Lipinski definition) is 5. The Kier molecular flexibility index (Phi) is 4.89. The van der Waals surface area contributed by atoms with E-state index >= 15 is 0 Å². The molecule has 27 heavy (non-hydrogen) atoms. The molecular weight excluding hydrogens is 356 g/mol. The minimum atomic E-state index is -0.215. The molecule has 0 aliphatic heterocycles. The Balaban J connectivity index is 1.46. The molecule has 0 radical (unpaired) electrons. The van der Waals surface area contributed by atoms with E-state index in [1.165, 1.54) is 11.8 Å². The second-order valence-electron chi connectivity index (χ2n) is 6.16. The molecule has 4 rings (SSSR count). The fraction of sp³-hybridized carbons (Fsp3) is 0.0952. The standard InChI is InChI=1S/C21H18N4OS/c22-16-6-2-4-8-18(16)25-21(26)15-10-11-19(23-13-15)27-20-12-9-14-5-1-3-7-17(14)24-20/h1,3-5,7-13H,2,6,22H2,(H,25,26). The van der Waals surface area contributed by atoms with Crippen LogP contribution in [0.3, 0.4) is 0 Å². The fourth-order valence-corrected chi connectivity index (χ4v) is 3.52. The van der Waals surface area contributed by atoms with Crippen molar-refractivity contribution in [3.8, 4) is 0 Å². The average molecular weight is 374 g/mol. The molecule has 2 aromatic heterocycles. The van der Waals surface area contributed by atoms with Gasteiger partial charge in [-0.25, -0.2) is 9.97 Å². The van der Waals surface area contributed by atoms with Gasteiger partial charge in [0, 0.05) is 17.3 Å². The molecule has 3 aromatic rings. The van der Waals surface area contributed by atoms with Crippen molar-refractivity contribution in [2.24, 2.45) is 5.73 Å². The maximum Gasteiger partial charge on any atom is 0.257 e. The van der Waals surface area contributed by atoms with E-state index in [9.17, 15) is 4.79 Å². The van der Waals surface area contributed by atoms with Crippen molar-refractivity contribution < 1.29 is 4.79 Å². The predicted molar refractivity (Wildman–Crippen MR) is 107 cm³/mol. The lowest BCUT2D eigenvalue weighted by molar-refractivity contribution is 0.0966. The number of allylic oxidation sites excluding steroid dienone is 3. The van der Waals surface area contributed by atoms with Crippen LogP contribution in [0.5, 0.6) is 0 Å². The summed E-state index contributed by atoms with van der Waals surface area (Å²) in [5.41, 5.74) is 8.76. The monoisotopic (exact) mass is 374 g/mol. The maximum absolute atomic E-state index is 12.4. The van der Waals surface area contributed by atoms with Gasteiger partial charge in [-0.15, -0.1) is 0 Å². The molecule has 0 saturated carbocycles. The summed E-state index contributed by atoms with van der Waals surface area (Å²) in [6, 6.07) is 15.6. The summed E-state index contributed by atoms with van der Waals surface area (Å²) < 4.78 is 0. The summed E-state index contributed by atoms with van der Waals surface area (Å²) in [6.45, 7) is 0. The highest BCUT2D eigenvalue weighted by Gasteiger charge is 2.12. The SMILES string of the molecule is NC1=C(NC(=O)c2ccc(Sc3ccc4ccccc4n3)nc2)C=CCC1. The number of pyridine rings is 2. The number of nitrogens with two attached hydrogens (primary N) is 1. The molecule has 1 aromatic carbocycles. The van der Waals surface area contributed by atoms with Gasteiger partial charge < -0.3 is 11.1 Å². The Morgan fingerprint density at radius 1 is 1.07 bits per heavy atom. The molecular formula is C21H18N4OS. The van der Waals surface area contributed by atoms with E-state index in [1.807, 2.05) is 54.6 Å². The lowest BCUT2D eigenvalue weighted by Crippen LogP contribution is -2.25. The number of amides is 1. The Morgan fingerprint density at radius 3 is 2.74 bits per heavy atom. The highest BCUT2D eigenvalue weighted by atomic mass is 32.2. The molecule has 0 spiro atoms. The van der Waals surface area contributed by atoms with Crippen LogP contribution in [0.2, 0.25) is 0 Å². The third-order valence-corrected chi connectivity index (χ3v) is 5.13. The first-order chi connectivity index (χ1) is 13.2. The topological polar surface area (TPSA) is 80.9 Å². The molecule has 0 unspecified atom stereocenters. The molecule has 0 saturated heterocycles. The van der Waals surface area contributed by atoms with E-state index in [4.69, 9.17) is 5.73 Å². The molecule has 3 N–H and O–H groups in total. The Hall–Kier alpha value is -3.12. The van der Waals surface area contributed by atoms with Crippen LogP contribution in [0.25, 0.3) is 10.9 Å². The van der Waals surface area contributed by atoms with E-state index in [-0.39, 0.29) is 5.91 Å². The number of nitrogens with one attached hydrogen (secondary N) is 1. The zero-order valence-corrected chi connectivity index (χ0v) is 15.4. The fourth-order valence-electron chi connectivity index (χ4n) is 2.78. The number of para-hydroxylation sites is 1. The average Bonchev–Trinajstić information content (AvgIpc) is 2.70. The van der Waals surface area contributed by atoms with E-state index in [0.717, 1.165) is 33.8 Å². The van der Waals surface area contributed by atoms with Crippen LogP contribution < -0.4 is 11.1 Å². The number of carbonyl (C=O) groups is 1. The lowest BCUT2D eigenvalue weighted by atomic mass is 10.1. The summed E-state index contributed by atoms with van der Waals surface area (Å²) in [6.07, 6.45) is 7.09. The first-order valence-electron chi connectivity index (χ1n) is 8.65. The second-order valence-corrected chi connectivity index (χ2v) is 7.20. The van der Waals surface area contributed by atoms with Crippen molar-refractivity contribution in [2.75, 3.05) is 0 Å². The zero-order valence-electron chi connectivity index (χ0n) is 14.6. The van der Waals surface area contributed by atoms with Gasteiger partial charge in [0.1, 0.15) is 10.1 Å². The van der Waals surface area contributed by atoms with Gasteiger partial charge in [0.15, 0.2) is 0 Å². The van der Waals surface area contributed by atoms with Crippen molar-refractivity contribution >= 4 is 28.6 Å². The first kappa shape index (κ1) is 17.3. The normalized spacial score (nSPS) is 13.8. The van der Waals surface area contributed by atoms with Crippen LogP contribution in [0, 0.1) is 0 Å². The quantitative estimate of drug-likeness (QED) is 0.721. The first-order valence-corrected chi connectivity index (χ1v) is 9.47. The van der Waals surface area contributed by atoms with E-state index < -0.39 is 0 Å². The van der Waals surface area contributed by atoms with Crippen LogP contribution in [-0.2, 0) is 0 Å². The van der Waals surface area contributed by atoms with E-state index in [2.05, 4.69) is 15.3 Å². The Labute approximate surface area is 161 Å². The Bertz CT molecular complexity index is 1060. The highest BCUT2D eigenvalue weighted by Crippen LogP contribution is 2.26. The van der Waals surface area contributed by atoms with Crippen LogP contribution in [0.1, 0.15) is 23.2 Å². The van der Waals surface area contributed by atoms with Crippen LogP contribution in [0.4, 0.5) is 0 Å². The van der Waals surface area contributed by atoms with Gasteiger partial charge in [-0.2, -0.15) is 0 Å². The molecule has 134 valence electrons. The summed E-state index contributed by atoms with van der Waals surface area (Å²) >= 11 is 1.46. The summed E-state index contributed by atoms with van der Waals surface area (Å²) in [4.78, 5) is 21.4. The molecule has 2 heterocycles. The van der Waals surface area contributed by atoms with Crippen LogP contribution in [-0.4, -0.2) is 15.9 Å². The smallest absolute Gasteiger partial charge is 0.257 e. The molecule has 1 aliphatic rings. The third-order valence-electron chi connectivity index (χ3n) is 4.24. The van der Waals surface area contributed by atoms with Gasteiger partial charge in [0.25, 0.3) is 5.91 Å². The molecule has 0 fully saturated rings. The van der Waals surface area contributed by atoms with Gasteiger partial charge in [0.2, 0.25) is 0 Å². The number of nitrogens with zero attached hydrogens (tertiary/aromatic N) is 2. The number of aromatic nitrogens is 2. The second kappa shape index (κ2) is 7.63. The third kappa shape index (κ3) is 4.01. The van der Waals surface area contributed by atoms with Crippen molar-refractivity contribution in [2.45, 2.75) is 22.9 Å². The van der Waals surface area contributed by atoms with E-state index in [1.54, 1.807) is 12.3 Å². The lowest BCUT2D eigenvalue weighted by Gasteiger charge is -2.13. The highest BCUT2D eigenvalue weighted by molar-refractivity contribution is 7.99. The van der Waals surface area contributed by atoms with Crippen molar-refractivity contribution in [1.82, 2.24) is 15.3 Å². The molecule has 1 amide bonds. The van der Waals surface area contributed by atoms with Crippen LogP contribution >= 0.6 is 11.8 Å². The van der Waals surface area contributed by atoms with Crippen molar-refractivity contribution in [3.05, 3.63) is 83.8 Å². The van der Waals surface area contributed by atoms with Gasteiger partial charge in [-0.05, 0) is 43.2 Å². The van der Waals surface area contributed by atoms with Gasteiger partial charge >= 0.3 is 0 Å². The number of carbonyl (C=O) groups excluding carboxylic acids is 1. The molecule has 6 heteroatoms. The zero-order chi connectivity index (χ0) is 18.6. The number of hydrogen-bond donors (Lipinski definition) is 2. The Morgan fingerprint density at radius 2 is 1.93 bits per heavy atom. The van der Waals surface area contributed by atoms with E-state index in [0.29, 0.717) is 17.0 Å². The largest absolute Gasteiger partial charge is 0.400 e. The summed E-state index contributed by atoms with van der Waals surface area (Å²) in [5, 5.41) is 5.60. The minimum Gasteiger partial charge on any atom is -0.400 e. The summed E-state index contributed by atoms with van der Waals surface area (Å²) in [7, 11) is 0. The molecule has 5 nitrogen and oxygen atoms in total. The predicted octanol–water partition coefficient (Wildman–Crippen LogP) is 4.03. The number of benzene rings is 1. The van der Waals surface area contributed by atoms with Crippen molar-refractivity contribution in [3.63, 3.8) is 0 Å². The molecule has 0 atom stereocenters. The summed E-state index contributed by atoms with van der Waals surface area (Å²) in [5.74, 6) is -0.215. The molecule has 1 aliphatic carbocycles. The van der Waals surface area contributed by atoms with Gasteiger partial charge in [0.05, 0.1) is 16.8 Å².